The van der Waals surface area contributed by atoms with E-state index >= 15 is 0 Å². The van der Waals surface area contributed by atoms with E-state index in [1.165, 1.54) is 11.3 Å². The van der Waals surface area contributed by atoms with E-state index in [1.807, 2.05) is 24.3 Å². The molecule has 0 radical (unpaired) electrons. The molecule has 30 heavy (non-hydrogen) atoms. The number of nitrogens with zero attached hydrogens (tertiary/aromatic N) is 3. The van der Waals surface area contributed by atoms with E-state index in [0.717, 1.165) is 52.2 Å². The van der Waals surface area contributed by atoms with Crippen molar-refractivity contribution in [2.45, 2.75) is 18.6 Å². The average molecular weight is 414 g/mol. The van der Waals surface area contributed by atoms with Crippen molar-refractivity contribution in [3.63, 3.8) is 0 Å². The maximum absolute atomic E-state index is 12.2. The Morgan fingerprint density at radius 1 is 0.900 bits per heavy atom. The SMILES string of the molecule is OC1(CN2CCN(c3ccccc3)CC2)CCN(Cc2ccc(OCCF)cc2)C1. The number of piperazine rings is 1. The molecule has 4 rings (SSSR count). The number of alkyl halides is 1. The van der Waals surface area contributed by atoms with Crippen molar-refractivity contribution in [3.8, 4) is 5.75 Å². The quantitative estimate of drug-likeness (QED) is 0.721. The summed E-state index contributed by atoms with van der Waals surface area (Å²) in [5.41, 5.74) is 1.83. The normalized spacial score (nSPS) is 23.1. The maximum Gasteiger partial charge on any atom is 0.123 e. The number of β-amino-alcohol motifs (C(OH)–C–C–N with tert-alkyl or cyclic N) is 1. The summed E-state index contributed by atoms with van der Waals surface area (Å²) in [4.78, 5) is 7.14. The van der Waals surface area contributed by atoms with Gasteiger partial charge in [0, 0.05) is 58.0 Å². The first-order valence-corrected chi connectivity index (χ1v) is 10.9. The molecule has 0 saturated carbocycles. The monoisotopic (exact) mass is 413 g/mol. The number of aliphatic hydroxyl groups is 1. The van der Waals surface area contributed by atoms with Crippen LogP contribution in [0.5, 0.6) is 5.75 Å². The highest BCUT2D eigenvalue weighted by Crippen LogP contribution is 2.26. The van der Waals surface area contributed by atoms with Gasteiger partial charge in [0.05, 0.1) is 5.60 Å². The van der Waals surface area contributed by atoms with Gasteiger partial charge in [-0.05, 0) is 36.2 Å². The van der Waals surface area contributed by atoms with Crippen molar-refractivity contribution in [3.05, 3.63) is 60.2 Å². The molecule has 2 aliphatic heterocycles. The lowest BCUT2D eigenvalue weighted by atomic mass is 10.0. The molecule has 2 aliphatic rings. The van der Waals surface area contributed by atoms with Crippen LogP contribution in [-0.4, -0.2) is 79.6 Å². The molecule has 0 amide bonds. The number of rotatable bonds is 8. The number of halogens is 1. The van der Waals surface area contributed by atoms with Gasteiger partial charge in [-0.25, -0.2) is 4.39 Å². The molecule has 2 fully saturated rings. The molecule has 2 heterocycles. The zero-order valence-corrected chi connectivity index (χ0v) is 17.5. The minimum absolute atomic E-state index is 0.0953. The third-order valence-corrected chi connectivity index (χ3v) is 6.10. The van der Waals surface area contributed by atoms with Gasteiger partial charge in [0.25, 0.3) is 0 Å². The molecule has 1 unspecified atom stereocenters. The average Bonchev–Trinajstić information content (AvgIpc) is 3.14. The number of benzene rings is 2. The molecule has 5 nitrogen and oxygen atoms in total. The molecule has 2 aromatic rings. The number of para-hydroxylation sites is 1. The Labute approximate surface area is 178 Å². The first kappa shape index (κ1) is 21.1. The summed E-state index contributed by atoms with van der Waals surface area (Å²) in [7, 11) is 0. The molecule has 2 aromatic carbocycles. The summed E-state index contributed by atoms with van der Waals surface area (Å²) in [6.45, 7) is 6.74. The molecule has 1 N–H and O–H groups in total. The van der Waals surface area contributed by atoms with E-state index in [2.05, 4.69) is 45.0 Å². The fourth-order valence-electron chi connectivity index (χ4n) is 4.53. The molecular formula is C24H32FN3O2. The summed E-state index contributed by atoms with van der Waals surface area (Å²) < 4.78 is 17.5. The molecule has 2 saturated heterocycles. The molecule has 0 spiro atoms. The predicted molar refractivity (Wildman–Crippen MR) is 118 cm³/mol. The van der Waals surface area contributed by atoms with E-state index in [4.69, 9.17) is 4.74 Å². The van der Waals surface area contributed by atoms with Crippen molar-refractivity contribution in [1.82, 2.24) is 9.80 Å². The van der Waals surface area contributed by atoms with Crippen LogP contribution in [0.15, 0.2) is 54.6 Å². The van der Waals surface area contributed by atoms with Gasteiger partial charge in [0.1, 0.15) is 19.0 Å². The molecule has 1 atom stereocenters. The molecule has 0 aromatic heterocycles. The highest BCUT2D eigenvalue weighted by Gasteiger charge is 2.38. The lowest BCUT2D eigenvalue weighted by Gasteiger charge is -2.39. The minimum atomic E-state index is -0.640. The fourth-order valence-corrected chi connectivity index (χ4v) is 4.53. The number of likely N-dealkylation sites (tertiary alicyclic amines) is 1. The zero-order valence-electron chi connectivity index (χ0n) is 17.5. The Morgan fingerprint density at radius 3 is 2.33 bits per heavy atom. The Kier molecular flexibility index (Phi) is 6.87. The fraction of sp³-hybridized carbons (Fsp3) is 0.500. The lowest BCUT2D eigenvalue weighted by molar-refractivity contribution is 0.00978. The van der Waals surface area contributed by atoms with Crippen LogP contribution in [0.4, 0.5) is 10.1 Å². The minimum Gasteiger partial charge on any atom is -0.491 e. The van der Waals surface area contributed by atoms with E-state index in [0.29, 0.717) is 12.3 Å². The van der Waals surface area contributed by atoms with E-state index < -0.39 is 12.3 Å². The van der Waals surface area contributed by atoms with Crippen LogP contribution < -0.4 is 9.64 Å². The standard InChI is InChI=1S/C24H32FN3O2/c25-11-17-30-23-8-6-21(7-9-23)18-27-12-10-24(29,20-27)19-26-13-15-28(16-14-26)22-4-2-1-3-5-22/h1-9,29H,10-20H2. The lowest BCUT2D eigenvalue weighted by Crippen LogP contribution is -2.52. The van der Waals surface area contributed by atoms with Crippen molar-refractivity contribution in [1.29, 1.82) is 0 Å². The first-order chi connectivity index (χ1) is 14.6. The third kappa shape index (κ3) is 5.50. The Morgan fingerprint density at radius 2 is 1.63 bits per heavy atom. The first-order valence-electron chi connectivity index (χ1n) is 10.9. The van der Waals surface area contributed by atoms with Crippen LogP contribution in [0, 0.1) is 0 Å². The van der Waals surface area contributed by atoms with Crippen molar-refractivity contribution in [2.24, 2.45) is 0 Å². The van der Waals surface area contributed by atoms with Crippen LogP contribution in [0.2, 0.25) is 0 Å². The largest absolute Gasteiger partial charge is 0.491 e. The molecule has 0 aliphatic carbocycles. The second-order valence-corrected chi connectivity index (χ2v) is 8.47. The van der Waals surface area contributed by atoms with E-state index in [9.17, 15) is 9.50 Å². The number of hydrogen-bond acceptors (Lipinski definition) is 5. The molecule has 162 valence electrons. The van der Waals surface area contributed by atoms with Gasteiger partial charge in [-0.3, -0.25) is 9.80 Å². The number of hydrogen-bond donors (Lipinski definition) is 1. The van der Waals surface area contributed by atoms with E-state index in [1.54, 1.807) is 0 Å². The third-order valence-electron chi connectivity index (χ3n) is 6.10. The Hall–Kier alpha value is -2.15. The zero-order chi connectivity index (χ0) is 20.8. The predicted octanol–water partition coefficient (Wildman–Crippen LogP) is 2.79. The topological polar surface area (TPSA) is 39.2 Å². The van der Waals surface area contributed by atoms with Crippen LogP contribution >= 0.6 is 0 Å². The van der Waals surface area contributed by atoms with Gasteiger partial charge in [0.15, 0.2) is 0 Å². The van der Waals surface area contributed by atoms with Crippen LogP contribution in [0.1, 0.15) is 12.0 Å². The van der Waals surface area contributed by atoms with Gasteiger partial charge in [-0.15, -0.1) is 0 Å². The number of ether oxygens (including phenoxy) is 1. The maximum atomic E-state index is 12.2. The summed E-state index contributed by atoms with van der Waals surface area (Å²) >= 11 is 0. The highest BCUT2D eigenvalue weighted by atomic mass is 19.1. The van der Waals surface area contributed by atoms with Crippen LogP contribution in [0.25, 0.3) is 0 Å². The number of anilines is 1. The summed E-state index contributed by atoms with van der Waals surface area (Å²) in [5.74, 6) is 0.698. The van der Waals surface area contributed by atoms with Gasteiger partial charge in [-0.2, -0.15) is 0 Å². The Bertz CT molecular complexity index is 781. The highest BCUT2D eigenvalue weighted by molar-refractivity contribution is 5.46. The summed E-state index contributed by atoms with van der Waals surface area (Å²) in [5, 5.41) is 11.2. The van der Waals surface area contributed by atoms with Gasteiger partial charge < -0.3 is 14.7 Å². The van der Waals surface area contributed by atoms with Crippen molar-refractivity contribution >= 4 is 5.69 Å². The van der Waals surface area contributed by atoms with Crippen molar-refractivity contribution < 1.29 is 14.2 Å². The molecular weight excluding hydrogens is 381 g/mol. The second-order valence-electron chi connectivity index (χ2n) is 8.47. The Balaban J connectivity index is 1.23. The smallest absolute Gasteiger partial charge is 0.123 e. The van der Waals surface area contributed by atoms with Gasteiger partial charge >= 0.3 is 0 Å². The van der Waals surface area contributed by atoms with E-state index in [-0.39, 0.29) is 6.61 Å². The molecule has 6 heteroatoms. The van der Waals surface area contributed by atoms with Crippen LogP contribution in [-0.2, 0) is 6.54 Å². The second kappa shape index (κ2) is 9.77. The molecule has 0 bridgehead atoms. The van der Waals surface area contributed by atoms with Gasteiger partial charge in [-0.1, -0.05) is 30.3 Å². The summed E-state index contributed by atoms with van der Waals surface area (Å²) in [6, 6.07) is 18.4. The van der Waals surface area contributed by atoms with Crippen LogP contribution in [0.3, 0.4) is 0 Å². The van der Waals surface area contributed by atoms with Crippen molar-refractivity contribution in [2.75, 3.05) is 64.0 Å². The summed E-state index contributed by atoms with van der Waals surface area (Å²) in [6.07, 6.45) is 0.809. The van der Waals surface area contributed by atoms with Gasteiger partial charge in [0.2, 0.25) is 0 Å².